The summed E-state index contributed by atoms with van der Waals surface area (Å²) in [5, 5.41) is 9.64. The van der Waals surface area contributed by atoms with Crippen LogP contribution < -0.4 is 10.6 Å². The fourth-order valence-electron chi connectivity index (χ4n) is 3.95. The second-order valence-electron chi connectivity index (χ2n) is 8.64. The first-order valence-electron chi connectivity index (χ1n) is 11.8. The van der Waals surface area contributed by atoms with Crippen molar-refractivity contribution in [2.45, 2.75) is 39.0 Å². The standard InChI is InChI=1S/C26H29N5O4/c1-3-22(32)28-21-6-4-5-20(15-21)24-29-26(35-30-24)19-11-13-31(14-12-19)23(33)16-27-25(34)18-9-7-17(2)8-10-18/h4-10,15,19H,3,11-14,16H2,1-2H3,(H,27,34)(H,28,32). The Kier molecular flexibility index (Phi) is 7.54. The molecule has 0 radical (unpaired) electrons. The molecule has 0 saturated carbocycles. The molecule has 2 aromatic carbocycles. The van der Waals surface area contributed by atoms with Crippen molar-refractivity contribution in [3.8, 4) is 11.4 Å². The van der Waals surface area contributed by atoms with Crippen LogP contribution in [0.5, 0.6) is 0 Å². The van der Waals surface area contributed by atoms with Crippen LogP contribution in [0.3, 0.4) is 0 Å². The van der Waals surface area contributed by atoms with E-state index in [0.717, 1.165) is 11.1 Å². The maximum Gasteiger partial charge on any atom is 0.251 e. The zero-order chi connectivity index (χ0) is 24.8. The zero-order valence-corrected chi connectivity index (χ0v) is 19.9. The van der Waals surface area contributed by atoms with Crippen molar-refractivity contribution in [2.24, 2.45) is 0 Å². The Bertz CT molecular complexity index is 1200. The maximum atomic E-state index is 12.6. The molecular weight excluding hydrogens is 446 g/mol. The number of benzene rings is 2. The molecule has 3 amide bonds. The van der Waals surface area contributed by atoms with Gasteiger partial charge in [-0.25, -0.2) is 0 Å². The Hall–Kier alpha value is -4.01. The molecule has 9 heteroatoms. The van der Waals surface area contributed by atoms with Crippen LogP contribution >= 0.6 is 0 Å². The van der Waals surface area contributed by atoms with Gasteiger partial charge in [-0.05, 0) is 44.0 Å². The maximum absolute atomic E-state index is 12.6. The number of carbonyl (C=O) groups is 3. The summed E-state index contributed by atoms with van der Waals surface area (Å²) in [5.74, 6) is 0.635. The first-order valence-corrected chi connectivity index (χ1v) is 11.8. The Morgan fingerprint density at radius 3 is 2.54 bits per heavy atom. The van der Waals surface area contributed by atoms with Gasteiger partial charge >= 0.3 is 0 Å². The van der Waals surface area contributed by atoms with E-state index in [1.165, 1.54) is 0 Å². The number of hydrogen-bond donors (Lipinski definition) is 2. The largest absolute Gasteiger partial charge is 0.343 e. The minimum atomic E-state index is -0.259. The van der Waals surface area contributed by atoms with Gasteiger partial charge in [0.05, 0.1) is 6.54 Å². The van der Waals surface area contributed by atoms with Crippen molar-refractivity contribution in [3.63, 3.8) is 0 Å². The number of rotatable bonds is 7. The van der Waals surface area contributed by atoms with Gasteiger partial charge in [0.15, 0.2) is 0 Å². The fourth-order valence-corrected chi connectivity index (χ4v) is 3.95. The number of nitrogens with one attached hydrogen (secondary N) is 2. The molecule has 0 unspecified atom stereocenters. The molecule has 2 heterocycles. The summed E-state index contributed by atoms with van der Waals surface area (Å²) < 4.78 is 5.52. The lowest BCUT2D eigenvalue weighted by Crippen LogP contribution is -2.43. The molecule has 1 aliphatic heterocycles. The molecule has 35 heavy (non-hydrogen) atoms. The van der Waals surface area contributed by atoms with Gasteiger partial charge in [-0.3, -0.25) is 14.4 Å². The smallest absolute Gasteiger partial charge is 0.251 e. The quantitative estimate of drug-likeness (QED) is 0.540. The Morgan fingerprint density at radius 1 is 1.09 bits per heavy atom. The van der Waals surface area contributed by atoms with Gasteiger partial charge in [0.2, 0.25) is 23.5 Å². The number of piperidine rings is 1. The summed E-state index contributed by atoms with van der Waals surface area (Å²) in [6.07, 6.45) is 1.80. The van der Waals surface area contributed by atoms with Crippen LogP contribution in [0.4, 0.5) is 5.69 Å². The van der Waals surface area contributed by atoms with Crippen molar-refractivity contribution < 1.29 is 18.9 Å². The first kappa shape index (κ1) is 24.1. The molecule has 1 saturated heterocycles. The number of nitrogens with zero attached hydrogens (tertiary/aromatic N) is 3. The number of amides is 3. The van der Waals surface area contributed by atoms with Crippen LogP contribution in [0.1, 0.15) is 53.9 Å². The number of aromatic nitrogens is 2. The summed E-state index contributed by atoms with van der Waals surface area (Å²) in [6, 6.07) is 14.5. The van der Waals surface area contributed by atoms with Gasteiger partial charge in [-0.1, -0.05) is 41.9 Å². The first-order chi connectivity index (χ1) is 16.9. The molecule has 0 bridgehead atoms. The summed E-state index contributed by atoms with van der Waals surface area (Å²) >= 11 is 0. The molecule has 0 aliphatic carbocycles. The minimum absolute atomic E-state index is 0.0347. The molecule has 1 fully saturated rings. The van der Waals surface area contributed by atoms with E-state index in [2.05, 4.69) is 20.8 Å². The van der Waals surface area contributed by atoms with Gasteiger partial charge in [0.1, 0.15) is 0 Å². The van der Waals surface area contributed by atoms with Crippen LogP contribution in [0.25, 0.3) is 11.4 Å². The van der Waals surface area contributed by atoms with E-state index in [1.807, 2.05) is 43.3 Å². The normalized spacial score (nSPS) is 13.9. The summed E-state index contributed by atoms with van der Waals surface area (Å²) in [7, 11) is 0. The fraction of sp³-hybridized carbons (Fsp3) is 0.346. The molecule has 9 nitrogen and oxygen atoms in total. The lowest BCUT2D eigenvalue weighted by atomic mass is 9.96. The average molecular weight is 476 g/mol. The zero-order valence-electron chi connectivity index (χ0n) is 19.9. The van der Waals surface area contributed by atoms with E-state index < -0.39 is 0 Å². The highest BCUT2D eigenvalue weighted by Crippen LogP contribution is 2.29. The van der Waals surface area contributed by atoms with Gasteiger partial charge in [-0.2, -0.15) is 4.98 Å². The highest BCUT2D eigenvalue weighted by Gasteiger charge is 2.28. The molecular formula is C26H29N5O4. The van der Waals surface area contributed by atoms with Crippen LogP contribution in [-0.2, 0) is 9.59 Å². The summed E-state index contributed by atoms with van der Waals surface area (Å²) in [4.78, 5) is 42.8. The topological polar surface area (TPSA) is 117 Å². The van der Waals surface area contributed by atoms with Crippen molar-refractivity contribution >= 4 is 23.4 Å². The molecule has 0 spiro atoms. The number of aryl methyl sites for hydroxylation is 1. The number of hydrogen-bond acceptors (Lipinski definition) is 6. The third-order valence-corrected chi connectivity index (χ3v) is 6.08. The monoisotopic (exact) mass is 475 g/mol. The van der Waals surface area contributed by atoms with E-state index in [4.69, 9.17) is 4.52 Å². The van der Waals surface area contributed by atoms with Gasteiger partial charge in [0, 0.05) is 42.2 Å². The third kappa shape index (κ3) is 6.11. The predicted octanol–water partition coefficient (Wildman–Crippen LogP) is 3.53. The Morgan fingerprint density at radius 2 is 1.83 bits per heavy atom. The summed E-state index contributed by atoms with van der Waals surface area (Å²) in [6.45, 7) is 4.83. The second kappa shape index (κ2) is 10.9. The molecule has 1 aliphatic rings. The molecule has 1 aromatic heterocycles. The van der Waals surface area contributed by atoms with Gasteiger partial charge < -0.3 is 20.1 Å². The molecule has 2 N–H and O–H groups in total. The Labute approximate surface area is 203 Å². The Balaban J connectivity index is 1.29. The van der Waals surface area contributed by atoms with Gasteiger partial charge in [0.25, 0.3) is 5.91 Å². The van der Waals surface area contributed by atoms with Crippen LogP contribution in [-0.4, -0.2) is 52.4 Å². The van der Waals surface area contributed by atoms with Crippen molar-refractivity contribution in [2.75, 3.05) is 25.0 Å². The van der Waals surface area contributed by atoms with Crippen molar-refractivity contribution in [3.05, 3.63) is 65.5 Å². The average Bonchev–Trinajstić information content (AvgIpc) is 3.38. The lowest BCUT2D eigenvalue weighted by molar-refractivity contribution is -0.131. The summed E-state index contributed by atoms with van der Waals surface area (Å²) in [5.41, 5.74) is 3.04. The van der Waals surface area contributed by atoms with E-state index >= 15 is 0 Å². The molecule has 4 rings (SSSR count). The number of likely N-dealkylation sites (tertiary alicyclic amines) is 1. The molecule has 0 atom stereocenters. The van der Waals surface area contributed by atoms with E-state index in [9.17, 15) is 14.4 Å². The lowest BCUT2D eigenvalue weighted by Gasteiger charge is -2.30. The number of carbonyl (C=O) groups excluding carboxylic acids is 3. The number of anilines is 1. The highest BCUT2D eigenvalue weighted by molar-refractivity contribution is 5.96. The van der Waals surface area contributed by atoms with Crippen LogP contribution in [0.15, 0.2) is 53.1 Å². The van der Waals surface area contributed by atoms with Crippen molar-refractivity contribution in [1.29, 1.82) is 0 Å². The minimum Gasteiger partial charge on any atom is -0.343 e. The van der Waals surface area contributed by atoms with E-state index in [0.29, 0.717) is 55.3 Å². The third-order valence-electron chi connectivity index (χ3n) is 6.08. The van der Waals surface area contributed by atoms with E-state index in [1.54, 1.807) is 24.0 Å². The molecule has 182 valence electrons. The van der Waals surface area contributed by atoms with Crippen LogP contribution in [0, 0.1) is 6.92 Å². The van der Waals surface area contributed by atoms with E-state index in [-0.39, 0.29) is 30.2 Å². The van der Waals surface area contributed by atoms with Crippen molar-refractivity contribution in [1.82, 2.24) is 20.4 Å². The second-order valence-corrected chi connectivity index (χ2v) is 8.64. The molecule has 3 aromatic rings. The van der Waals surface area contributed by atoms with Crippen LogP contribution in [0.2, 0.25) is 0 Å². The highest BCUT2D eigenvalue weighted by atomic mass is 16.5. The SMILES string of the molecule is CCC(=O)Nc1cccc(-c2noc(C3CCN(C(=O)CNC(=O)c4ccc(C)cc4)CC3)n2)c1. The van der Waals surface area contributed by atoms with Gasteiger partial charge in [-0.15, -0.1) is 0 Å². The predicted molar refractivity (Wildman–Crippen MR) is 131 cm³/mol.